The van der Waals surface area contributed by atoms with Gasteiger partial charge in [-0.05, 0) is 11.6 Å². The first-order chi connectivity index (χ1) is 6.33. The quantitative estimate of drug-likeness (QED) is 0.736. The molecule has 0 aliphatic carbocycles. The van der Waals surface area contributed by atoms with Gasteiger partial charge in [-0.15, -0.1) is 11.6 Å². The molecule has 0 saturated carbocycles. The van der Waals surface area contributed by atoms with Crippen LogP contribution in [-0.4, -0.2) is 18.3 Å². The van der Waals surface area contributed by atoms with Crippen molar-refractivity contribution in [1.82, 2.24) is 0 Å². The topological polar surface area (TPSA) is 29.5 Å². The van der Waals surface area contributed by atoms with Crippen LogP contribution in [0.2, 0.25) is 0 Å². The standard InChI is InChI=1S/C10H11ClO2/c11-9(6-12)7-2-1-3-10-8(7)4-5-13-10/h1-3,9,12H,4-6H2. The van der Waals surface area contributed by atoms with Gasteiger partial charge in [0.25, 0.3) is 0 Å². The third-order valence-electron chi connectivity index (χ3n) is 2.28. The fourth-order valence-corrected chi connectivity index (χ4v) is 1.84. The summed E-state index contributed by atoms with van der Waals surface area (Å²) in [7, 11) is 0. The number of rotatable bonds is 2. The lowest BCUT2D eigenvalue weighted by atomic mass is 10.0. The van der Waals surface area contributed by atoms with Crippen LogP contribution in [0.25, 0.3) is 0 Å². The van der Waals surface area contributed by atoms with Crippen LogP contribution in [0.3, 0.4) is 0 Å². The molecule has 0 saturated heterocycles. The second kappa shape index (κ2) is 3.56. The largest absolute Gasteiger partial charge is 0.493 e. The Labute approximate surface area is 82.1 Å². The van der Waals surface area contributed by atoms with E-state index in [9.17, 15) is 0 Å². The van der Waals surface area contributed by atoms with E-state index in [0.29, 0.717) is 0 Å². The van der Waals surface area contributed by atoms with Crippen LogP contribution in [0.5, 0.6) is 5.75 Å². The number of alkyl halides is 1. The SMILES string of the molecule is OCC(Cl)c1cccc2c1CCO2. The molecule has 0 spiro atoms. The average Bonchev–Trinajstić information content (AvgIpc) is 2.63. The first-order valence-corrected chi connectivity index (χ1v) is 4.76. The van der Waals surface area contributed by atoms with E-state index in [1.54, 1.807) is 0 Å². The summed E-state index contributed by atoms with van der Waals surface area (Å²) in [5, 5.41) is 8.64. The lowest BCUT2D eigenvalue weighted by Gasteiger charge is -2.10. The third-order valence-corrected chi connectivity index (χ3v) is 2.65. The molecule has 0 aromatic heterocycles. The molecule has 1 aliphatic heterocycles. The van der Waals surface area contributed by atoms with E-state index in [1.807, 2.05) is 18.2 Å². The zero-order chi connectivity index (χ0) is 9.26. The van der Waals surface area contributed by atoms with Gasteiger partial charge in [-0.1, -0.05) is 12.1 Å². The highest BCUT2D eigenvalue weighted by Gasteiger charge is 2.19. The van der Waals surface area contributed by atoms with Gasteiger partial charge < -0.3 is 9.84 Å². The summed E-state index contributed by atoms with van der Waals surface area (Å²) < 4.78 is 5.39. The van der Waals surface area contributed by atoms with Crippen molar-refractivity contribution in [3.05, 3.63) is 29.3 Å². The molecule has 1 N–H and O–H groups in total. The van der Waals surface area contributed by atoms with Crippen LogP contribution < -0.4 is 4.74 Å². The Bertz CT molecular complexity index is 312. The minimum atomic E-state index is -0.309. The van der Waals surface area contributed by atoms with Crippen LogP contribution in [-0.2, 0) is 6.42 Å². The fraction of sp³-hybridized carbons (Fsp3) is 0.400. The van der Waals surface area contributed by atoms with Crippen LogP contribution in [0.4, 0.5) is 0 Å². The predicted molar refractivity (Wildman–Crippen MR) is 51.3 cm³/mol. The van der Waals surface area contributed by atoms with Crippen LogP contribution in [0.15, 0.2) is 18.2 Å². The molecule has 0 fully saturated rings. The summed E-state index contributed by atoms with van der Waals surface area (Å²) in [5.74, 6) is 0.914. The summed E-state index contributed by atoms with van der Waals surface area (Å²) in [6, 6.07) is 5.79. The van der Waals surface area contributed by atoms with E-state index in [0.717, 1.165) is 29.9 Å². The van der Waals surface area contributed by atoms with Gasteiger partial charge in [-0.3, -0.25) is 0 Å². The number of hydrogen-bond acceptors (Lipinski definition) is 2. The summed E-state index contributed by atoms with van der Waals surface area (Å²) in [5.41, 5.74) is 2.15. The van der Waals surface area contributed by atoms with Gasteiger partial charge in [-0.25, -0.2) is 0 Å². The van der Waals surface area contributed by atoms with Crippen molar-refractivity contribution in [3.63, 3.8) is 0 Å². The molecule has 1 aromatic rings. The predicted octanol–water partition coefficient (Wildman–Crippen LogP) is 1.89. The molecule has 0 amide bonds. The molecule has 1 aromatic carbocycles. The molecule has 2 rings (SSSR count). The summed E-state index contributed by atoms with van der Waals surface area (Å²) >= 11 is 5.97. The molecule has 1 heterocycles. The van der Waals surface area contributed by atoms with Crippen LogP contribution in [0.1, 0.15) is 16.5 Å². The highest BCUT2D eigenvalue weighted by molar-refractivity contribution is 6.21. The highest BCUT2D eigenvalue weighted by Crippen LogP contribution is 2.33. The third kappa shape index (κ3) is 1.52. The van der Waals surface area contributed by atoms with E-state index >= 15 is 0 Å². The van der Waals surface area contributed by atoms with Crippen molar-refractivity contribution < 1.29 is 9.84 Å². The summed E-state index contributed by atoms with van der Waals surface area (Å²) in [4.78, 5) is 0. The molecule has 2 nitrogen and oxygen atoms in total. The molecule has 1 unspecified atom stereocenters. The van der Waals surface area contributed by atoms with E-state index in [1.165, 1.54) is 0 Å². The Hall–Kier alpha value is -0.730. The van der Waals surface area contributed by atoms with Gasteiger partial charge in [0.1, 0.15) is 5.75 Å². The van der Waals surface area contributed by atoms with Crippen LogP contribution >= 0.6 is 11.6 Å². The number of ether oxygens (including phenoxy) is 1. The van der Waals surface area contributed by atoms with Crippen molar-refractivity contribution in [3.8, 4) is 5.75 Å². The molecule has 13 heavy (non-hydrogen) atoms. The number of aliphatic hydroxyl groups excluding tert-OH is 1. The molecule has 0 bridgehead atoms. The maximum atomic E-state index is 8.95. The number of fused-ring (bicyclic) bond motifs is 1. The summed E-state index contributed by atoms with van der Waals surface area (Å²) in [6.45, 7) is 0.694. The van der Waals surface area contributed by atoms with Crippen molar-refractivity contribution in [2.24, 2.45) is 0 Å². The zero-order valence-electron chi connectivity index (χ0n) is 7.16. The molecule has 1 aliphatic rings. The Morgan fingerprint density at radius 1 is 1.54 bits per heavy atom. The van der Waals surface area contributed by atoms with Crippen molar-refractivity contribution in [2.75, 3.05) is 13.2 Å². The first-order valence-electron chi connectivity index (χ1n) is 4.32. The maximum Gasteiger partial charge on any atom is 0.122 e. The van der Waals surface area contributed by atoms with Crippen LogP contribution in [0, 0.1) is 0 Å². The lowest BCUT2D eigenvalue weighted by Crippen LogP contribution is -1.99. The Kier molecular flexibility index (Phi) is 2.42. The van der Waals surface area contributed by atoms with E-state index in [-0.39, 0.29) is 12.0 Å². The monoisotopic (exact) mass is 198 g/mol. The summed E-state index contributed by atoms with van der Waals surface area (Å²) in [6.07, 6.45) is 0.898. The normalized spacial score (nSPS) is 16.5. The smallest absolute Gasteiger partial charge is 0.122 e. The number of aliphatic hydroxyl groups is 1. The molecule has 3 heteroatoms. The molecular formula is C10H11ClO2. The van der Waals surface area contributed by atoms with E-state index in [2.05, 4.69) is 0 Å². The van der Waals surface area contributed by atoms with Crippen molar-refractivity contribution in [1.29, 1.82) is 0 Å². The van der Waals surface area contributed by atoms with E-state index in [4.69, 9.17) is 21.4 Å². The number of benzene rings is 1. The molecule has 70 valence electrons. The number of hydrogen-bond donors (Lipinski definition) is 1. The number of halogens is 1. The van der Waals surface area contributed by atoms with Crippen molar-refractivity contribution >= 4 is 11.6 Å². The second-order valence-electron chi connectivity index (χ2n) is 3.07. The minimum absolute atomic E-state index is 0.0298. The molecule has 0 radical (unpaired) electrons. The van der Waals surface area contributed by atoms with Crippen molar-refractivity contribution in [2.45, 2.75) is 11.8 Å². The van der Waals surface area contributed by atoms with Gasteiger partial charge in [0.2, 0.25) is 0 Å². The van der Waals surface area contributed by atoms with Gasteiger partial charge >= 0.3 is 0 Å². The lowest BCUT2D eigenvalue weighted by molar-refractivity contribution is 0.294. The van der Waals surface area contributed by atoms with Gasteiger partial charge in [-0.2, -0.15) is 0 Å². The first kappa shape index (κ1) is 8.85. The van der Waals surface area contributed by atoms with Gasteiger partial charge in [0, 0.05) is 12.0 Å². The fourth-order valence-electron chi connectivity index (χ4n) is 1.64. The molecule has 1 atom stereocenters. The van der Waals surface area contributed by atoms with E-state index < -0.39 is 0 Å². The Morgan fingerprint density at radius 2 is 2.38 bits per heavy atom. The van der Waals surface area contributed by atoms with Gasteiger partial charge in [0.15, 0.2) is 0 Å². The minimum Gasteiger partial charge on any atom is -0.493 e. The molecular weight excluding hydrogens is 188 g/mol. The zero-order valence-corrected chi connectivity index (χ0v) is 7.92. The Balaban J connectivity index is 2.41. The highest BCUT2D eigenvalue weighted by atomic mass is 35.5. The second-order valence-corrected chi connectivity index (χ2v) is 3.60. The Morgan fingerprint density at radius 3 is 3.15 bits per heavy atom. The average molecular weight is 199 g/mol. The maximum absolute atomic E-state index is 8.95. The van der Waals surface area contributed by atoms with Gasteiger partial charge in [0.05, 0.1) is 18.6 Å².